The van der Waals surface area contributed by atoms with E-state index in [1.165, 1.54) is 7.11 Å². The lowest BCUT2D eigenvalue weighted by molar-refractivity contribution is 0.0599. The zero-order chi connectivity index (χ0) is 11.5. The number of halogens is 1. The van der Waals surface area contributed by atoms with Gasteiger partial charge in [-0.1, -0.05) is 0 Å². The largest absolute Gasteiger partial charge is 0.465 e. The zero-order valence-electron chi connectivity index (χ0n) is 8.55. The van der Waals surface area contributed by atoms with Gasteiger partial charge in [-0.25, -0.2) is 9.78 Å². The maximum absolute atomic E-state index is 11.4. The van der Waals surface area contributed by atoms with Crippen molar-refractivity contribution in [1.82, 2.24) is 9.55 Å². The SMILES string of the molecule is COC(=O)c1ccc(-n2ccnc2)cc1Br. The van der Waals surface area contributed by atoms with Crippen LogP contribution < -0.4 is 0 Å². The molecule has 1 aromatic carbocycles. The first-order valence-electron chi connectivity index (χ1n) is 4.58. The van der Waals surface area contributed by atoms with Gasteiger partial charge < -0.3 is 9.30 Å². The number of carbonyl (C=O) groups excluding carboxylic acids is 1. The van der Waals surface area contributed by atoms with Crippen molar-refractivity contribution in [1.29, 1.82) is 0 Å². The summed E-state index contributed by atoms with van der Waals surface area (Å²) in [4.78, 5) is 15.3. The van der Waals surface area contributed by atoms with Gasteiger partial charge in [0.15, 0.2) is 0 Å². The molecule has 0 aliphatic rings. The molecule has 4 nitrogen and oxygen atoms in total. The van der Waals surface area contributed by atoms with Gasteiger partial charge in [0.25, 0.3) is 0 Å². The second-order valence-electron chi connectivity index (χ2n) is 3.13. The Morgan fingerprint density at radius 1 is 1.50 bits per heavy atom. The third-order valence-electron chi connectivity index (χ3n) is 2.16. The molecule has 2 aromatic rings. The van der Waals surface area contributed by atoms with Crippen LogP contribution in [0.5, 0.6) is 0 Å². The summed E-state index contributed by atoms with van der Waals surface area (Å²) in [6.07, 6.45) is 5.22. The van der Waals surface area contributed by atoms with Gasteiger partial charge in [0.1, 0.15) is 0 Å². The van der Waals surface area contributed by atoms with Crippen molar-refractivity contribution in [2.75, 3.05) is 7.11 Å². The fourth-order valence-corrected chi connectivity index (χ4v) is 1.88. The van der Waals surface area contributed by atoms with E-state index in [9.17, 15) is 4.79 Å². The average Bonchev–Trinajstić information content (AvgIpc) is 2.81. The van der Waals surface area contributed by atoms with E-state index < -0.39 is 0 Å². The van der Waals surface area contributed by atoms with Crippen LogP contribution in [0.3, 0.4) is 0 Å². The zero-order valence-corrected chi connectivity index (χ0v) is 10.1. The van der Waals surface area contributed by atoms with Gasteiger partial charge in [-0.05, 0) is 34.1 Å². The second-order valence-corrected chi connectivity index (χ2v) is 3.98. The van der Waals surface area contributed by atoms with Crippen LogP contribution in [-0.4, -0.2) is 22.6 Å². The number of esters is 1. The number of nitrogens with zero attached hydrogens (tertiary/aromatic N) is 2. The predicted octanol–water partition coefficient (Wildman–Crippen LogP) is 2.42. The number of imidazole rings is 1. The summed E-state index contributed by atoms with van der Waals surface area (Å²) >= 11 is 3.34. The highest BCUT2D eigenvalue weighted by molar-refractivity contribution is 9.10. The molecule has 0 unspecified atom stereocenters. The molecule has 0 spiro atoms. The number of aromatic nitrogens is 2. The Bertz CT molecular complexity index is 509. The molecule has 16 heavy (non-hydrogen) atoms. The highest BCUT2D eigenvalue weighted by Gasteiger charge is 2.10. The first-order valence-corrected chi connectivity index (χ1v) is 5.38. The molecule has 1 heterocycles. The van der Waals surface area contributed by atoms with Crippen molar-refractivity contribution >= 4 is 21.9 Å². The van der Waals surface area contributed by atoms with Crippen molar-refractivity contribution < 1.29 is 9.53 Å². The minimum atomic E-state index is -0.357. The van der Waals surface area contributed by atoms with Crippen LogP contribution in [0, 0.1) is 0 Å². The molecule has 2 rings (SSSR count). The van der Waals surface area contributed by atoms with Gasteiger partial charge in [-0.3, -0.25) is 0 Å². The van der Waals surface area contributed by atoms with E-state index in [-0.39, 0.29) is 5.97 Å². The van der Waals surface area contributed by atoms with E-state index in [4.69, 9.17) is 0 Å². The van der Waals surface area contributed by atoms with Crippen LogP contribution in [-0.2, 0) is 4.74 Å². The summed E-state index contributed by atoms with van der Waals surface area (Å²) in [7, 11) is 1.36. The number of hydrogen-bond donors (Lipinski definition) is 0. The summed E-state index contributed by atoms with van der Waals surface area (Å²) in [5.74, 6) is -0.357. The molecule has 0 amide bonds. The van der Waals surface area contributed by atoms with E-state index >= 15 is 0 Å². The lowest BCUT2D eigenvalue weighted by Gasteiger charge is -2.06. The maximum atomic E-state index is 11.4. The van der Waals surface area contributed by atoms with Gasteiger partial charge >= 0.3 is 5.97 Å². The van der Waals surface area contributed by atoms with Crippen LogP contribution in [0.2, 0.25) is 0 Å². The Labute approximate surface area is 101 Å². The van der Waals surface area contributed by atoms with Gasteiger partial charge in [0.2, 0.25) is 0 Å². The first-order chi connectivity index (χ1) is 7.72. The van der Waals surface area contributed by atoms with Gasteiger partial charge in [-0.2, -0.15) is 0 Å². The Morgan fingerprint density at radius 3 is 2.88 bits per heavy atom. The quantitative estimate of drug-likeness (QED) is 0.794. The minimum absolute atomic E-state index is 0.357. The van der Waals surface area contributed by atoms with Gasteiger partial charge in [0.05, 0.1) is 19.0 Å². The summed E-state index contributed by atoms with van der Waals surface area (Å²) in [6.45, 7) is 0. The number of methoxy groups -OCH3 is 1. The molecule has 0 fully saturated rings. The fraction of sp³-hybridized carbons (Fsp3) is 0.0909. The highest BCUT2D eigenvalue weighted by atomic mass is 79.9. The molecule has 5 heteroatoms. The summed E-state index contributed by atoms with van der Waals surface area (Å²) in [6, 6.07) is 5.39. The van der Waals surface area contributed by atoms with Crippen molar-refractivity contribution in [2.24, 2.45) is 0 Å². The molecule has 0 bridgehead atoms. The van der Waals surface area contributed by atoms with E-state index in [0.717, 1.165) is 5.69 Å². The third kappa shape index (κ3) is 1.99. The van der Waals surface area contributed by atoms with Crippen LogP contribution in [0.25, 0.3) is 5.69 Å². The number of ether oxygens (including phenoxy) is 1. The number of rotatable bonds is 2. The summed E-state index contributed by atoms with van der Waals surface area (Å²) in [5, 5.41) is 0. The normalized spacial score (nSPS) is 10.1. The Kier molecular flexibility index (Phi) is 3.05. The minimum Gasteiger partial charge on any atom is -0.465 e. The van der Waals surface area contributed by atoms with E-state index in [1.54, 1.807) is 18.6 Å². The molecule has 0 aliphatic carbocycles. The first kappa shape index (κ1) is 10.9. The molecular weight excluding hydrogens is 272 g/mol. The molecule has 0 N–H and O–H groups in total. The van der Waals surface area contributed by atoms with Gasteiger partial charge in [0, 0.05) is 22.6 Å². The molecule has 0 radical (unpaired) electrons. The van der Waals surface area contributed by atoms with Crippen molar-refractivity contribution in [2.45, 2.75) is 0 Å². The molecule has 0 saturated heterocycles. The topological polar surface area (TPSA) is 44.1 Å². The highest BCUT2D eigenvalue weighted by Crippen LogP contribution is 2.21. The Balaban J connectivity index is 2.41. The van der Waals surface area contributed by atoms with Crippen molar-refractivity contribution in [3.05, 3.63) is 47.0 Å². The summed E-state index contributed by atoms with van der Waals surface area (Å²) < 4.78 is 7.21. The number of hydrogen-bond acceptors (Lipinski definition) is 3. The van der Waals surface area contributed by atoms with Crippen molar-refractivity contribution in [3.63, 3.8) is 0 Å². The van der Waals surface area contributed by atoms with Crippen LogP contribution in [0.1, 0.15) is 10.4 Å². The van der Waals surface area contributed by atoms with Crippen molar-refractivity contribution in [3.8, 4) is 5.69 Å². The number of carbonyl (C=O) groups is 1. The smallest absolute Gasteiger partial charge is 0.339 e. The molecule has 1 aromatic heterocycles. The van der Waals surface area contributed by atoms with Crippen LogP contribution >= 0.6 is 15.9 Å². The van der Waals surface area contributed by atoms with E-state index in [0.29, 0.717) is 10.0 Å². The molecular formula is C11H9BrN2O2. The second kappa shape index (κ2) is 4.49. The molecule has 0 atom stereocenters. The predicted molar refractivity (Wildman–Crippen MR) is 62.6 cm³/mol. The lowest BCUT2D eigenvalue weighted by Crippen LogP contribution is -2.03. The van der Waals surface area contributed by atoms with E-state index in [2.05, 4.69) is 25.7 Å². The Morgan fingerprint density at radius 2 is 2.31 bits per heavy atom. The third-order valence-corrected chi connectivity index (χ3v) is 2.82. The number of benzene rings is 1. The van der Waals surface area contributed by atoms with Crippen LogP contribution in [0.4, 0.5) is 0 Å². The van der Waals surface area contributed by atoms with Crippen LogP contribution in [0.15, 0.2) is 41.4 Å². The average molecular weight is 281 g/mol. The fourth-order valence-electron chi connectivity index (χ4n) is 1.35. The Hall–Kier alpha value is -1.62. The molecule has 0 saturated carbocycles. The van der Waals surface area contributed by atoms with E-state index in [1.807, 2.05) is 22.9 Å². The molecule has 0 aliphatic heterocycles. The maximum Gasteiger partial charge on any atom is 0.339 e. The summed E-state index contributed by atoms with van der Waals surface area (Å²) in [5.41, 5.74) is 1.43. The standard InChI is InChI=1S/C11H9BrN2O2/c1-16-11(15)9-3-2-8(6-10(9)12)14-5-4-13-7-14/h2-7H,1H3. The lowest BCUT2D eigenvalue weighted by atomic mass is 10.2. The van der Waals surface area contributed by atoms with Gasteiger partial charge in [-0.15, -0.1) is 0 Å². The molecule has 82 valence electrons. The monoisotopic (exact) mass is 280 g/mol.